The summed E-state index contributed by atoms with van der Waals surface area (Å²) >= 11 is 0. The van der Waals surface area contributed by atoms with Crippen molar-refractivity contribution in [3.05, 3.63) is 41.8 Å². The van der Waals surface area contributed by atoms with Crippen LogP contribution in [-0.2, 0) is 17.8 Å². The van der Waals surface area contributed by atoms with E-state index < -0.39 is 0 Å². The van der Waals surface area contributed by atoms with E-state index in [-0.39, 0.29) is 11.8 Å². The van der Waals surface area contributed by atoms with Crippen LogP contribution in [0.15, 0.2) is 28.8 Å². The molecule has 0 spiro atoms. The van der Waals surface area contributed by atoms with E-state index in [1.165, 1.54) is 0 Å². The summed E-state index contributed by atoms with van der Waals surface area (Å²) in [6.45, 7) is 5.54. The van der Waals surface area contributed by atoms with E-state index in [0.29, 0.717) is 24.8 Å². The molecular weight excluding hydrogens is 318 g/mol. The lowest BCUT2D eigenvalue weighted by molar-refractivity contribution is -0.130. The SMILES string of the molecule is CCc1nc2ccccc2n1CC(=O)N1CC[C@@H](c2nc(C)no2)C1. The molecule has 4 rings (SSSR count). The third kappa shape index (κ3) is 2.90. The highest BCUT2D eigenvalue weighted by atomic mass is 16.5. The molecule has 1 aliphatic heterocycles. The summed E-state index contributed by atoms with van der Waals surface area (Å²) in [4.78, 5) is 23.6. The number of carbonyl (C=O) groups excluding carboxylic acids is 1. The standard InChI is InChI=1S/C18H21N5O2/c1-3-16-20-14-6-4-5-7-15(14)23(16)11-17(24)22-9-8-13(10-22)18-19-12(2)21-25-18/h4-7,13H,3,8-11H2,1-2H3/t13-/m1/s1. The number of fused-ring (bicyclic) bond motifs is 1. The molecule has 1 amide bonds. The van der Waals surface area contributed by atoms with Crippen molar-refractivity contribution in [3.63, 3.8) is 0 Å². The second kappa shape index (κ2) is 6.31. The lowest BCUT2D eigenvalue weighted by Gasteiger charge is -2.17. The molecule has 7 heteroatoms. The Bertz CT molecular complexity index is 913. The Balaban J connectivity index is 1.51. The summed E-state index contributed by atoms with van der Waals surface area (Å²) in [6.07, 6.45) is 1.66. The molecule has 1 aliphatic rings. The fourth-order valence-corrected chi connectivity index (χ4v) is 3.47. The lowest BCUT2D eigenvalue weighted by Crippen LogP contribution is -2.32. The number of nitrogens with zero attached hydrogens (tertiary/aromatic N) is 5. The van der Waals surface area contributed by atoms with Crippen molar-refractivity contribution >= 4 is 16.9 Å². The zero-order valence-electron chi connectivity index (χ0n) is 14.5. The minimum Gasteiger partial charge on any atom is -0.340 e. The molecule has 130 valence electrons. The number of para-hydroxylation sites is 2. The van der Waals surface area contributed by atoms with Gasteiger partial charge in [0, 0.05) is 19.5 Å². The number of rotatable bonds is 4. The molecule has 1 aromatic carbocycles. The smallest absolute Gasteiger partial charge is 0.242 e. The first-order valence-corrected chi connectivity index (χ1v) is 8.68. The summed E-state index contributed by atoms with van der Waals surface area (Å²) in [5.41, 5.74) is 1.95. The van der Waals surface area contributed by atoms with Gasteiger partial charge < -0.3 is 14.0 Å². The molecule has 0 radical (unpaired) electrons. The van der Waals surface area contributed by atoms with Crippen molar-refractivity contribution in [1.29, 1.82) is 0 Å². The first-order valence-electron chi connectivity index (χ1n) is 8.68. The average Bonchev–Trinajstić information content (AvgIpc) is 3.33. The Hall–Kier alpha value is -2.70. The van der Waals surface area contributed by atoms with E-state index in [0.717, 1.165) is 36.2 Å². The number of aromatic nitrogens is 4. The number of imidazole rings is 1. The van der Waals surface area contributed by atoms with E-state index in [2.05, 4.69) is 22.0 Å². The number of hydrogen-bond acceptors (Lipinski definition) is 5. The van der Waals surface area contributed by atoms with Crippen molar-refractivity contribution in [1.82, 2.24) is 24.6 Å². The minimum absolute atomic E-state index is 0.108. The quantitative estimate of drug-likeness (QED) is 0.729. The monoisotopic (exact) mass is 339 g/mol. The molecule has 0 aliphatic carbocycles. The molecule has 3 heterocycles. The number of hydrogen-bond donors (Lipinski definition) is 0. The lowest BCUT2D eigenvalue weighted by atomic mass is 10.1. The van der Waals surface area contributed by atoms with Gasteiger partial charge >= 0.3 is 0 Å². The Kier molecular flexibility index (Phi) is 3.99. The molecule has 7 nitrogen and oxygen atoms in total. The van der Waals surface area contributed by atoms with Crippen LogP contribution in [0.25, 0.3) is 11.0 Å². The van der Waals surface area contributed by atoms with Crippen LogP contribution in [0.2, 0.25) is 0 Å². The van der Waals surface area contributed by atoms with Gasteiger partial charge in [-0.2, -0.15) is 4.98 Å². The molecular formula is C18H21N5O2. The molecule has 25 heavy (non-hydrogen) atoms. The van der Waals surface area contributed by atoms with Crippen molar-refractivity contribution in [2.75, 3.05) is 13.1 Å². The van der Waals surface area contributed by atoms with Gasteiger partial charge in [-0.1, -0.05) is 24.2 Å². The first-order chi connectivity index (χ1) is 12.2. The van der Waals surface area contributed by atoms with E-state index in [1.807, 2.05) is 33.7 Å². The number of carbonyl (C=O) groups is 1. The summed E-state index contributed by atoms with van der Waals surface area (Å²) < 4.78 is 7.29. The molecule has 1 saturated heterocycles. The summed E-state index contributed by atoms with van der Waals surface area (Å²) in [7, 11) is 0. The average molecular weight is 339 g/mol. The van der Waals surface area contributed by atoms with Crippen molar-refractivity contribution in [3.8, 4) is 0 Å². The molecule has 0 N–H and O–H groups in total. The largest absolute Gasteiger partial charge is 0.340 e. The molecule has 0 saturated carbocycles. The van der Waals surface area contributed by atoms with Crippen LogP contribution >= 0.6 is 0 Å². The van der Waals surface area contributed by atoms with Gasteiger partial charge in [-0.05, 0) is 25.5 Å². The van der Waals surface area contributed by atoms with Crippen LogP contribution < -0.4 is 0 Å². The van der Waals surface area contributed by atoms with Crippen LogP contribution in [-0.4, -0.2) is 43.6 Å². The van der Waals surface area contributed by atoms with Gasteiger partial charge in [0.1, 0.15) is 12.4 Å². The zero-order valence-corrected chi connectivity index (χ0v) is 14.5. The predicted molar refractivity (Wildman–Crippen MR) is 92.1 cm³/mol. The maximum Gasteiger partial charge on any atom is 0.242 e. The molecule has 1 fully saturated rings. The highest BCUT2D eigenvalue weighted by molar-refractivity contribution is 5.81. The van der Waals surface area contributed by atoms with Gasteiger partial charge in [-0.15, -0.1) is 0 Å². The Morgan fingerprint density at radius 1 is 1.32 bits per heavy atom. The van der Waals surface area contributed by atoms with E-state index in [4.69, 9.17) is 4.52 Å². The third-order valence-electron chi connectivity index (χ3n) is 4.78. The van der Waals surface area contributed by atoms with Gasteiger partial charge in [0.05, 0.1) is 17.0 Å². The molecule has 2 aromatic heterocycles. The van der Waals surface area contributed by atoms with Gasteiger partial charge in [-0.3, -0.25) is 4.79 Å². The maximum atomic E-state index is 12.8. The van der Waals surface area contributed by atoms with E-state index in [1.54, 1.807) is 6.92 Å². The highest BCUT2D eigenvalue weighted by Gasteiger charge is 2.31. The molecule has 0 bridgehead atoms. The van der Waals surface area contributed by atoms with Crippen LogP contribution in [0.5, 0.6) is 0 Å². The van der Waals surface area contributed by atoms with Crippen molar-refractivity contribution < 1.29 is 9.32 Å². The Morgan fingerprint density at radius 3 is 2.92 bits per heavy atom. The van der Waals surface area contributed by atoms with Gasteiger partial charge in [0.2, 0.25) is 11.8 Å². The molecule has 0 unspecified atom stereocenters. The normalized spacial score (nSPS) is 17.5. The maximum absolute atomic E-state index is 12.8. The van der Waals surface area contributed by atoms with Crippen LogP contribution in [0.4, 0.5) is 0 Å². The van der Waals surface area contributed by atoms with Crippen molar-refractivity contribution in [2.24, 2.45) is 0 Å². The van der Waals surface area contributed by atoms with Crippen LogP contribution in [0, 0.1) is 6.92 Å². The predicted octanol–water partition coefficient (Wildman–Crippen LogP) is 2.31. The van der Waals surface area contributed by atoms with Crippen LogP contribution in [0.1, 0.15) is 36.8 Å². The number of benzene rings is 1. The number of amides is 1. The summed E-state index contributed by atoms with van der Waals surface area (Å²) in [6, 6.07) is 7.95. The minimum atomic E-state index is 0.108. The first kappa shape index (κ1) is 15.8. The van der Waals surface area contributed by atoms with Gasteiger partial charge in [0.25, 0.3) is 0 Å². The Labute approximate surface area is 145 Å². The fourth-order valence-electron chi connectivity index (χ4n) is 3.47. The van der Waals surface area contributed by atoms with E-state index in [9.17, 15) is 4.79 Å². The highest BCUT2D eigenvalue weighted by Crippen LogP contribution is 2.26. The van der Waals surface area contributed by atoms with Crippen molar-refractivity contribution in [2.45, 2.75) is 39.2 Å². The zero-order chi connectivity index (χ0) is 17.4. The van der Waals surface area contributed by atoms with Gasteiger partial charge in [-0.25, -0.2) is 4.98 Å². The molecule has 3 aromatic rings. The Morgan fingerprint density at radius 2 is 2.16 bits per heavy atom. The number of likely N-dealkylation sites (tertiary alicyclic amines) is 1. The van der Waals surface area contributed by atoms with E-state index >= 15 is 0 Å². The second-order valence-corrected chi connectivity index (χ2v) is 6.46. The summed E-state index contributed by atoms with van der Waals surface area (Å²) in [5.74, 6) is 2.46. The summed E-state index contributed by atoms with van der Waals surface area (Å²) in [5, 5.41) is 3.85. The van der Waals surface area contributed by atoms with Gasteiger partial charge in [0.15, 0.2) is 5.82 Å². The third-order valence-corrected chi connectivity index (χ3v) is 4.78. The second-order valence-electron chi connectivity index (χ2n) is 6.46. The van der Waals surface area contributed by atoms with Crippen LogP contribution in [0.3, 0.4) is 0 Å². The number of aryl methyl sites for hydroxylation is 2. The molecule has 1 atom stereocenters. The topological polar surface area (TPSA) is 77.1 Å². The fraction of sp³-hybridized carbons (Fsp3) is 0.444.